The Hall–Kier alpha value is -0.250. The van der Waals surface area contributed by atoms with Crippen LogP contribution in [0.3, 0.4) is 0 Å². The van der Waals surface area contributed by atoms with Crippen LogP contribution < -0.4 is 0 Å². The fourth-order valence-corrected chi connectivity index (χ4v) is 2.27. The number of hydrogen-bond donors (Lipinski definition) is 0. The summed E-state index contributed by atoms with van der Waals surface area (Å²) in [7, 11) is 3.57. The maximum absolute atomic E-state index is 6.23. The number of rotatable bonds is 6. The van der Waals surface area contributed by atoms with E-state index in [4.69, 9.17) is 27.9 Å². The fourth-order valence-electron chi connectivity index (χ4n) is 1.65. The van der Waals surface area contributed by atoms with Crippen LogP contribution in [-0.2, 0) is 24.6 Å². The van der Waals surface area contributed by atoms with Crippen molar-refractivity contribution < 1.29 is 4.74 Å². The Kier molecular flexibility index (Phi) is 5.59. The van der Waals surface area contributed by atoms with E-state index in [1.54, 1.807) is 7.11 Å². The zero-order chi connectivity index (χ0) is 12.1. The molecule has 0 aliphatic carbocycles. The average molecular weight is 265 g/mol. The van der Waals surface area contributed by atoms with Crippen molar-refractivity contribution in [1.29, 1.82) is 0 Å². The SMILES string of the molecule is CCc1nn(C)c(CCC(Cl)COC)c1Cl. The Bertz CT molecular complexity index is 339. The van der Waals surface area contributed by atoms with E-state index in [0.29, 0.717) is 6.61 Å². The normalized spacial score (nSPS) is 13.1. The summed E-state index contributed by atoms with van der Waals surface area (Å²) >= 11 is 12.3. The van der Waals surface area contributed by atoms with Gasteiger partial charge in [-0.2, -0.15) is 5.10 Å². The van der Waals surface area contributed by atoms with Crippen molar-refractivity contribution in [2.24, 2.45) is 7.05 Å². The zero-order valence-electron chi connectivity index (χ0n) is 9.96. The second kappa shape index (κ2) is 6.48. The van der Waals surface area contributed by atoms with Crippen molar-refractivity contribution in [3.8, 4) is 0 Å². The lowest BCUT2D eigenvalue weighted by molar-refractivity contribution is 0.195. The molecule has 1 rings (SSSR count). The standard InChI is InChI=1S/C11H18Cl2N2O/c1-4-9-11(13)10(15(2)14-9)6-5-8(12)7-16-3/h8H,4-7H2,1-3H3. The molecule has 92 valence electrons. The lowest BCUT2D eigenvalue weighted by Crippen LogP contribution is -2.10. The topological polar surface area (TPSA) is 27.1 Å². The molecule has 0 aliphatic rings. The second-order valence-electron chi connectivity index (χ2n) is 3.78. The molecule has 0 saturated heterocycles. The number of alkyl halides is 1. The van der Waals surface area contributed by atoms with Gasteiger partial charge in [0, 0.05) is 14.2 Å². The summed E-state index contributed by atoms with van der Waals surface area (Å²) in [4.78, 5) is 0. The first-order valence-electron chi connectivity index (χ1n) is 5.43. The van der Waals surface area contributed by atoms with Crippen molar-refractivity contribution >= 4 is 23.2 Å². The number of methoxy groups -OCH3 is 1. The quantitative estimate of drug-likeness (QED) is 0.739. The van der Waals surface area contributed by atoms with Gasteiger partial charge in [0.15, 0.2) is 0 Å². The summed E-state index contributed by atoms with van der Waals surface area (Å²) in [5.41, 5.74) is 2.01. The van der Waals surface area contributed by atoms with Gasteiger partial charge >= 0.3 is 0 Å². The largest absolute Gasteiger partial charge is 0.383 e. The molecule has 0 amide bonds. The molecule has 0 saturated carbocycles. The first kappa shape index (κ1) is 13.8. The summed E-state index contributed by atoms with van der Waals surface area (Å²) in [6.45, 7) is 2.62. The van der Waals surface area contributed by atoms with E-state index in [1.807, 2.05) is 18.7 Å². The summed E-state index contributed by atoms with van der Waals surface area (Å²) in [6.07, 6.45) is 2.53. The summed E-state index contributed by atoms with van der Waals surface area (Å²) in [6, 6.07) is 0. The molecule has 1 heterocycles. The Morgan fingerprint density at radius 2 is 2.19 bits per heavy atom. The zero-order valence-corrected chi connectivity index (χ0v) is 11.5. The Morgan fingerprint density at radius 3 is 2.69 bits per heavy atom. The lowest BCUT2D eigenvalue weighted by atomic mass is 10.1. The minimum Gasteiger partial charge on any atom is -0.383 e. The third kappa shape index (κ3) is 3.37. The maximum atomic E-state index is 6.23. The van der Waals surface area contributed by atoms with E-state index in [9.17, 15) is 0 Å². The van der Waals surface area contributed by atoms with Crippen molar-refractivity contribution in [3.63, 3.8) is 0 Å². The summed E-state index contributed by atoms with van der Waals surface area (Å²) in [5.74, 6) is 0. The smallest absolute Gasteiger partial charge is 0.0849 e. The van der Waals surface area contributed by atoms with Crippen LogP contribution in [0, 0.1) is 0 Å². The molecule has 1 atom stereocenters. The fraction of sp³-hybridized carbons (Fsp3) is 0.727. The molecule has 1 unspecified atom stereocenters. The third-order valence-electron chi connectivity index (χ3n) is 2.54. The van der Waals surface area contributed by atoms with Gasteiger partial charge < -0.3 is 4.74 Å². The van der Waals surface area contributed by atoms with Gasteiger partial charge in [0.2, 0.25) is 0 Å². The van der Waals surface area contributed by atoms with Crippen molar-refractivity contribution in [2.75, 3.05) is 13.7 Å². The maximum Gasteiger partial charge on any atom is 0.0849 e. The van der Waals surface area contributed by atoms with E-state index < -0.39 is 0 Å². The van der Waals surface area contributed by atoms with Crippen LogP contribution >= 0.6 is 23.2 Å². The van der Waals surface area contributed by atoms with Gasteiger partial charge in [-0.3, -0.25) is 4.68 Å². The minimum atomic E-state index is 0.0287. The minimum absolute atomic E-state index is 0.0287. The molecule has 0 spiro atoms. The Balaban J connectivity index is 2.63. The van der Waals surface area contributed by atoms with Crippen molar-refractivity contribution in [2.45, 2.75) is 31.6 Å². The molecule has 5 heteroatoms. The summed E-state index contributed by atoms with van der Waals surface area (Å²) in [5, 5.41) is 5.18. The molecule has 1 aromatic heterocycles. The number of nitrogens with zero attached hydrogens (tertiary/aromatic N) is 2. The number of aromatic nitrogens is 2. The van der Waals surface area contributed by atoms with Gasteiger partial charge in [-0.15, -0.1) is 11.6 Å². The van der Waals surface area contributed by atoms with E-state index in [1.165, 1.54) is 0 Å². The molecular weight excluding hydrogens is 247 g/mol. The van der Waals surface area contributed by atoms with Gasteiger partial charge in [0.25, 0.3) is 0 Å². The number of aryl methyl sites for hydroxylation is 2. The van der Waals surface area contributed by atoms with E-state index in [-0.39, 0.29) is 5.38 Å². The van der Waals surface area contributed by atoms with Crippen LogP contribution in [0.4, 0.5) is 0 Å². The molecule has 0 N–H and O–H groups in total. The highest BCUT2D eigenvalue weighted by atomic mass is 35.5. The highest BCUT2D eigenvalue weighted by Gasteiger charge is 2.14. The Labute approximate surface area is 107 Å². The predicted octanol–water partition coefficient (Wildman–Crippen LogP) is 2.82. The first-order valence-corrected chi connectivity index (χ1v) is 6.24. The van der Waals surface area contributed by atoms with Crippen molar-refractivity contribution in [1.82, 2.24) is 9.78 Å². The van der Waals surface area contributed by atoms with Crippen LogP contribution in [0.25, 0.3) is 0 Å². The number of hydrogen-bond acceptors (Lipinski definition) is 2. The molecule has 0 radical (unpaired) electrons. The molecule has 16 heavy (non-hydrogen) atoms. The predicted molar refractivity (Wildman–Crippen MR) is 67.4 cm³/mol. The van der Waals surface area contributed by atoms with Crippen LogP contribution in [-0.4, -0.2) is 28.9 Å². The molecule has 0 aliphatic heterocycles. The first-order chi connectivity index (χ1) is 7.60. The van der Waals surface area contributed by atoms with Gasteiger partial charge in [-0.1, -0.05) is 18.5 Å². The molecule has 3 nitrogen and oxygen atoms in total. The van der Waals surface area contributed by atoms with Crippen molar-refractivity contribution in [3.05, 3.63) is 16.4 Å². The molecular formula is C11H18Cl2N2O. The third-order valence-corrected chi connectivity index (χ3v) is 3.33. The molecule has 0 aromatic carbocycles. The Morgan fingerprint density at radius 1 is 1.50 bits per heavy atom. The molecule has 1 aromatic rings. The molecule has 0 bridgehead atoms. The second-order valence-corrected chi connectivity index (χ2v) is 4.77. The highest BCUT2D eigenvalue weighted by Crippen LogP contribution is 2.23. The molecule has 0 fully saturated rings. The van der Waals surface area contributed by atoms with E-state index in [2.05, 4.69) is 5.10 Å². The highest BCUT2D eigenvalue weighted by molar-refractivity contribution is 6.31. The van der Waals surface area contributed by atoms with E-state index >= 15 is 0 Å². The van der Waals surface area contributed by atoms with Crippen LogP contribution in [0.5, 0.6) is 0 Å². The average Bonchev–Trinajstić information content (AvgIpc) is 2.52. The monoisotopic (exact) mass is 264 g/mol. The van der Waals surface area contributed by atoms with Crippen LogP contribution in [0.1, 0.15) is 24.7 Å². The van der Waals surface area contributed by atoms with Crippen LogP contribution in [0.2, 0.25) is 5.02 Å². The summed E-state index contributed by atoms with van der Waals surface area (Å²) < 4.78 is 6.84. The number of halogens is 2. The van der Waals surface area contributed by atoms with Gasteiger partial charge in [0.05, 0.1) is 28.4 Å². The lowest BCUT2D eigenvalue weighted by Gasteiger charge is -2.08. The van der Waals surface area contributed by atoms with Gasteiger partial charge in [-0.25, -0.2) is 0 Å². The van der Waals surface area contributed by atoms with Gasteiger partial charge in [0.1, 0.15) is 0 Å². The van der Waals surface area contributed by atoms with Crippen LogP contribution in [0.15, 0.2) is 0 Å². The van der Waals surface area contributed by atoms with Gasteiger partial charge in [-0.05, 0) is 19.3 Å². The number of ether oxygens (including phenoxy) is 1. The van der Waals surface area contributed by atoms with E-state index in [0.717, 1.165) is 35.7 Å².